The first kappa shape index (κ1) is 11.9. The minimum absolute atomic E-state index is 0.319. The molecule has 3 aromatic rings. The van der Waals surface area contributed by atoms with Crippen LogP contribution in [-0.4, -0.2) is 4.57 Å². The molecular weight excluding hydrogens is 230 g/mol. The lowest BCUT2D eigenvalue weighted by Crippen LogP contribution is -2.01. The minimum atomic E-state index is 0.319. The molecule has 1 heteroatoms. The maximum atomic E-state index is 5.48. The van der Waals surface area contributed by atoms with Crippen LogP contribution in [0.25, 0.3) is 21.8 Å². The lowest BCUT2D eigenvalue weighted by Gasteiger charge is -2.09. The minimum Gasteiger partial charge on any atom is -0.340 e. The van der Waals surface area contributed by atoms with Crippen molar-refractivity contribution < 1.29 is 0 Å². The van der Waals surface area contributed by atoms with E-state index in [0.29, 0.717) is 5.92 Å². The molecule has 0 saturated carbocycles. The maximum Gasteiger partial charge on any atom is 0.0491 e. The first-order valence-corrected chi connectivity index (χ1v) is 6.73. The monoisotopic (exact) mass is 247 g/mol. The van der Waals surface area contributed by atoms with Crippen molar-refractivity contribution in [3.05, 3.63) is 48.5 Å². The number of para-hydroxylation sites is 2. The number of aryl methyl sites for hydroxylation is 1. The Hall–Kier alpha value is -2.20. The highest BCUT2D eigenvalue weighted by atomic mass is 15.0. The largest absolute Gasteiger partial charge is 0.340 e. The molecule has 1 heterocycles. The van der Waals surface area contributed by atoms with E-state index in [1.807, 2.05) is 0 Å². The maximum absolute atomic E-state index is 5.48. The van der Waals surface area contributed by atoms with Crippen LogP contribution in [0.2, 0.25) is 0 Å². The van der Waals surface area contributed by atoms with E-state index in [0.717, 1.165) is 13.0 Å². The van der Waals surface area contributed by atoms with Crippen LogP contribution in [0.5, 0.6) is 0 Å². The number of rotatable bonds is 3. The van der Waals surface area contributed by atoms with Crippen molar-refractivity contribution in [1.82, 2.24) is 4.57 Å². The number of nitrogens with zero attached hydrogens (tertiary/aromatic N) is 1. The summed E-state index contributed by atoms with van der Waals surface area (Å²) in [6.07, 6.45) is 6.49. The Balaban J connectivity index is 2.17. The highest BCUT2D eigenvalue weighted by Gasteiger charge is 2.09. The van der Waals surface area contributed by atoms with Crippen molar-refractivity contribution in [3.8, 4) is 12.3 Å². The SMILES string of the molecule is C#CC(C)CCn1c2ccccc2c2ccccc21. The Morgan fingerprint density at radius 1 is 1.00 bits per heavy atom. The summed E-state index contributed by atoms with van der Waals surface area (Å²) in [5.74, 6) is 3.13. The van der Waals surface area contributed by atoms with Gasteiger partial charge in [0.1, 0.15) is 0 Å². The van der Waals surface area contributed by atoms with Crippen LogP contribution in [0.3, 0.4) is 0 Å². The Morgan fingerprint density at radius 2 is 1.53 bits per heavy atom. The van der Waals surface area contributed by atoms with E-state index < -0.39 is 0 Å². The van der Waals surface area contributed by atoms with Crippen molar-refractivity contribution in [2.45, 2.75) is 19.9 Å². The number of benzene rings is 2. The average Bonchev–Trinajstić information content (AvgIpc) is 2.79. The molecular formula is C18H17N. The predicted octanol–water partition coefficient (Wildman–Crippen LogP) is 4.45. The van der Waals surface area contributed by atoms with Crippen molar-refractivity contribution in [1.29, 1.82) is 0 Å². The molecule has 0 fully saturated rings. The molecule has 0 radical (unpaired) electrons. The van der Waals surface area contributed by atoms with E-state index in [4.69, 9.17) is 6.42 Å². The van der Waals surface area contributed by atoms with Gasteiger partial charge >= 0.3 is 0 Å². The highest BCUT2D eigenvalue weighted by Crippen LogP contribution is 2.29. The summed E-state index contributed by atoms with van der Waals surface area (Å²) in [5, 5.41) is 2.65. The lowest BCUT2D eigenvalue weighted by atomic mass is 10.1. The summed E-state index contributed by atoms with van der Waals surface area (Å²) in [5.41, 5.74) is 2.60. The van der Waals surface area contributed by atoms with Gasteiger partial charge in [-0.05, 0) is 18.6 Å². The molecule has 0 N–H and O–H groups in total. The third kappa shape index (κ3) is 2.00. The number of hydrogen-bond acceptors (Lipinski definition) is 0. The summed E-state index contributed by atoms with van der Waals surface area (Å²) in [4.78, 5) is 0. The summed E-state index contributed by atoms with van der Waals surface area (Å²) in [6, 6.07) is 17.2. The predicted molar refractivity (Wildman–Crippen MR) is 82.1 cm³/mol. The zero-order valence-electron chi connectivity index (χ0n) is 11.1. The molecule has 19 heavy (non-hydrogen) atoms. The van der Waals surface area contributed by atoms with Crippen molar-refractivity contribution in [3.63, 3.8) is 0 Å². The van der Waals surface area contributed by atoms with E-state index in [1.165, 1.54) is 21.8 Å². The van der Waals surface area contributed by atoms with E-state index in [9.17, 15) is 0 Å². The van der Waals surface area contributed by atoms with Crippen LogP contribution in [0, 0.1) is 18.3 Å². The van der Waals surface area contributed by atoms with Gasteiger partial charge in [0.25, 0.3) is 0 Å². The zero-order valence-corrected chi connectivity index (χ0v) is 11.1. The third-order valence-electron chi connectivity index (χ3n) is 3.75. The molecule has 0 aliphatic heterocycles. The zero-order chi connectivity index (χ0) is 13.2. The summed E-state index contributed by atoms with van der Waals surface area (Å²) >= 11 is 0. The van der Waals surface area contributed by atoms with E-state index in [2.05, 4.69) is 65.9 Å². The molecule has 1 nitrogen and oxygen atoms in total. The lowest BCUT2D eigenvalue weighted by molar-refractivity contribution is 0.588. The first-order chi connectivity index (χ1) is 9.31. The second-order valence-electron chi connectivity index (χ2n) is 5.04. The highest BCUT2D eigenvalue weighted by molar-refractivity contribution is 6.07. The van der Waals surface area contributed by atoms with E-state index in [-0.39, 0.29) is 0 Å². The fourth-order valence-corrected chi connectivity index (χ4v) is 2.65. The van der Waals surface area contributed by atoms with Gasteiger partial charge in [0.05, 0.1) is 0 Å². The topological polar surface area (TPSA) is 4.93 Å². The smallest absolute Gasteiger partial charge is 0.0491 e. The number of fused-ring (bicyclic) bond motifs is 3. The van der Waals surface area contributed by atoms with Crippen LogP contribution in [0.4, 0.5) is 0 Å². The molecule has 3 rings (SSSR count). The molecule has 94 valence electrons. The molecule has 0 bridgehead atoms. The molecule has 0 aliphatic rings. The van der Waals surface area contributed by atoms with Gasteiger partial charge in [-0.3, -0.25) is 0 Å². The standard InChI is InChI=1S/C18H17N/c1-3-14(2)12-13-19-17-10-6-4-8-15(17)16-9-5-7-11-18(16)19/h1,4-11,14H,12-13H2,2H3. The first-order valence-electron chi connectivity index (χ1n) is 6.73. The van der Waals surface area contributed by atoms with Crippen LogP contribution in [0.15, 0.2) is 48.5 Å². The van der Waals surface area contributed by atoms with Gasteiger partial charge in [-0.15, -0.1) is 12.3 Å². The van der Waals surface area contributed by atoms with Gasteiger partial charge in [-0.2, -0.15) is 0 Å². The Morgan fingerprint density at radius 3 is 2.05 bits per heavy atom. The summed E-state index contributed by atoms with van der Waals surface area (Å²) in [6.45, 7) is 3.08. The molecule has 1 aromatic heterocycles. The Labute approximate surface area is 113 Å². The normalized spacial score (nSPS) is 12.6. The van der Waals surface area contributed by atoms with Crippen LogP contribution < -0.4 is 0 Å². The van der Waals surface area contributed by atoms with Crippen molar-refractivity contribution >= 4 is 21.8 Å². The van der Waals surface area contributed by atoms with Gasteiger partial charge < -0.3 is 4.57 Å². The van der Waals surface area contributed by atoms with Crippen molar-refractivity contribution in [2.24, 2.45) is 5.92 Å². The van der Waals surface area contributed by atoms with E-state index in [1.54, 1.807) is 0 Å². The van der Waals surface area contributed by atoms with Crippen molar-refractivity contribution in [2.75, 3.05) is 0 Å². The molecule has 0 saturated heterocycles. The quantitative estimate of drug-likeness (QED) is 0.602. The van der Waals surface area contributed by atoms with Gasteiger partial charge in [0, 0.05) is 34.3 Å². The van der Waals surface area contributed by atoms with Gasteiger partial charge in [0.2, 0.25) is 0 Å². The Bertz CT molecular complexity index is 705. The Kier molecular flexibility index (Phi) is 3.01. The van der Waals surface area contributed by atoms with E-state index >= 15 is 0 Å². The molecule has 2 aromatic carbocycles. The van der Waals surface area contributed by atoms with Crippen LogP contribution in [-0.2, 0) is 6.54 Å². The molecule has 1 unspecified atom stereocenters. The molecule has 1 atom stereocenters. The second kappa shape index (κ2) is 4.82. The number of hydrogen-bond donors (Lipinski definition) is 0. The van der Waals surface area contributed by atoms with Gasteiger partial charge in [-0.25, -0.2) is 0 Å². The van der Waals surface area contributed by atoms with Crippen LogP contribution in [0.1, 0.15) is 13.3 Å². The third-order valence-corrected chi connectivity index (χ3v) is 3.75. The summed E-state index contributed by atoms with van der Waals surface area (Å²) < 4.78 is 2.39. The fourth-order valence-electron chi connectivity index (χ4n) is 2.65. The molecule has 0 aliphatic carbocycles. The number of aromatic nitrogens is 1. The number of terminal acetylenes is 1. The molecule has 0 spiro atoms. The second-order valence-corrected chi connectivity index (χ2v) is 5.04. The van der Waals surface area contributed by atoms with Gasteiger partial charge in [0.15, 0.2) is 0 Å². The molecule has 0 amide bonds. The summed E-state index contributed by atoms with van der Waals surface area (Å²) in [7, 11) is 0. The fraction of sp³-hybridized carbons (Fsp3) is 0.222. The van der Waals surface area contributed by atoms with Gasteiger partial charge in [-0.1, -0.05) is 43.3 Å². The van der Waals surface area contributed by atoms with Crippen LogP contribution >= 0.6 is 0 Å². The average molecular weight is 247 g/mol.